The Labute approximate surface area is 212 Å². The minimum Gasteiger partial charge on any atom is -0.484 e. The number of allylic oxidation sites excluding steroid dienone is 4. The zero-order chi connectivity index (χ0) is 28.8. The zero-order valence-corrected chi connectivity index (χ0v) is 20.4. The summed E-state index contributed by atoms with van der Waals surface area (Å²) in [4.78, 5) is 50.6. The summed E-state index contributed by atoms with van der Waals surface area (Å²) in [6.07, 6.45) is 4.17. The van der Waals surface area contributed by atoms with Crippen molar-refractivity contribution in [2.45, 2.75) is 69.9 Å². The number of carboxylic acids is 4. The number of hydrogen-bond donors (Lipinski definition) is 5. The van der Waals surface area contributed by atoms with E-state index in [4.69, 9.17) is 35.0 Å². The molecule has 0 saturated carbocycles. The predicted molar refractivity (Wildman–Crippen MR) is 126 cm³/mol. The van der Waals surface area contributed by atoms with Gasteiger partial charge in [-0.2, -0.15) is 0 Å². The molecule has 0 spiro atoms. The van der Waals surface area contributed by atoms with Crippen LogP contribution in [-0.2, 0) is 38.2 Å². The highest BCUT2D eigenvalue weighted by atomic mass is 16.7. The maximum absolute atomic E-state index is 10.3. The molecule has 0 aliphatic carbocycles. The Morgan fingerprint density at radius 2 is 1.32 bits per heavy atom. The maximum atomic E-state index is 10.3. The fraction of sp³-hybridized carbons (Fsp3) is 0.458. The van der Waals surface area contributed by atoms with Gasteiger partial charge in [0.1, 0.15) is 0 Å². The van der Waals surface area contributed by atoms with Crippen LogP contribution in [0.5, 0.6) is 0 Å². The van der Waals surface area contributed by atoms with Crippen molar-refractivity contribution in [1.82, 2.24) is 0 Å². The van der Waals surface area contributed by atoms with Crippen LogP contribution in [0.3, 0.4) is 0 Å². The summed E-state index contributed by atoms with van der Waals surface area (Å²) < 4.78 is 14.2. The van der Waals surface area contributed by atoms with Gasteiger partial charge in [0.05, 0.1) is 23.7 Å². The normalized spacial score (nSPS) is 23.6. The van der Waals surface area contributed by atoms with Gasteiger partial charge in [-0.1, -0.05) is 25.8 Å². The van der Waals surface area contributed by atoms with Crippen LogP contribution in [-0.4, -0.2) is 73.2 Å². The van der Waals surface area contributed by atoms with E-state index in [0.717, 1.165) is 0 Å². The molecule has 206 valence electrons. The van der Waals surface area contributed by atoms with E-state index in [0.29, 0.717) is 49.4 Å². The predicted octanol–water partition coefficient (Wildman–Crippen LogP) is 2.22. The third kappa shape index (κ3) is 14.1. The van der Waals surface area contributed by atoms with Gasteiger partial charge in [0, 0.05) is 38.5 Å². The van der Waals surface area contributed by atoms with Gasteiger partial charge < -0.3 is 39.7 Å². The molecule has 3 fully saturated rings. The molecule has 0 bridgehead atoms. The molecule has 3 aliphatic heterocycles. The smallest absolute Gasteiger partial charge is 0.377 e. The first-order valence-electron chi connectivity index (χ1n) is 10.9. The van der Waals surface area contributed by atoms with Gasteiger partial charge in [0.15, 0.2) is 18.0 Å². The van der Waals surface area contributed by atoms with Crippen molar-refractivity contribution in [1.29, 1.82) is 0 Å². The summed E-state index contributed by atoms with van der Waals surface area (Å²) in [6.45, 7) is 11.8. The summed E-state index contributed by atoms with van der Waals surface area (Å²) in [5.74, 6) is -4.72. The number of rotatable bonds is 6. The highest BCUT2D eigenvalue weighted by molar-refractivity contribution is 5.87. The van der Waals surface area contributed by atoms with Gasteiger partial charge in [0.2, 0.25) is 0 Å². The van der Waals surface area contributed by atoms with E-state index >= 15 is 0 Å². The van der Waals surface area contributed by atoms with E-state index in [2.05, 4.69) is 24.5 Å². The molecule has 3 atom stereocenters. The number of aliphatic carboxylic acids is 4. The fourth-order valence-electron chi connectivity index (χ4n) is 2.70. The molecule has 0 amide bonds. The second kappa shape index (κ2) is 15.8. The van der Waals surface area contributed by atoms with Crippen LogP contribution in [0.4, 0.5) is 0 Å². The summed E-state index contributed by atoms with van der Waals surface area (Å²) in [5.41, 5.74) is 0. The molecular formula is C24H32O13. The molecule has 3 saturated heterocycles. The number of ketones is 1. The van der Waals surface area contributed by atoms with Gasteiger partial charge in [-0.15, -0.1) is 0 Å². The van der Waals surface area contributed by atoms with E-state index in [1.807, 2.05) is 0 Å². The van der Waals surface area contributed by atoms with Gasteiger partial charge in [-0.3, -0.25) is 9.59 Å². The number of aliphatic hydroxyl groups is 1. The molecule has 3 aliphatic rings. The topological polar surface area (TPSA) is 214 Å². The Morgan fingerprint density at radius 1 is 0.865 bits per heavy atom. The molecule has 13 heteroatoms. The fourth-order valence-corrected chi connectivity index (χ4v) is 2.70. The Balaban J connectivity index is 0.000000468. The lowest BCUT2D eigenvalue weighted by molar-refractivity contribution is -0.199. The Morgan fingerprint density at radius 3 is 1.51 bits per heavy atom. The largest absolute Gasteiger partial charge is 0.484 e. The van der Waals surface area contributed by atoms with Gasteiger partial charge >= 0.3 is 29.7 Å². The average Bonchev–Trinajstić information content (AvgIpc) is 3.50. The van der Waals surface area contributed by atoms with Crippen LogP contribution in [0.25, 0.3) is 0 Å². The van der Waals surface area contributed by atoms with E-state index in [1.54, 1.807) is 0 Å². The number of carboxylic acid groups (broad SMARTS) is 4. The Kier molecular flexibility index (Phi) is 14.0. The first kappa shape index (κ1) is 32.9. The van der Waals surface area contributed by atoms with Crippen molar-refractivity contribution < 1.29 is 63.7 Å². The SMILES string of the molecule is C=C1CCC(C(=O)O)O1.C=C1CC[C@@](O)(C(=O)O)O1.C=C1CC[C@H](C(=O)O)O1.CC(=O)/C=C/CC(=O)O. The highest BCUT2D eigenvalue weighted by Gasteiger charge is 2.43. The monoisotopic (exact) mass is 528 g/mol. The van der Waals surface area contributed by atoms with E-state index in [9.17, 15) is 24.0 Å². The summed E-state index contributed by atoms with van der Waals surface area (Å²) in [7, 11) is 0. The molecule has 3 heterocycles. The van der Waals surface area contributed by atoms with Crippen molar-refractivity contribution >= 4 is 29.7 Å². The van der Waals surface area contributed by atoms with Crippen molar-refractivity contribution in [3.8, 4) is 0 Å². The van der Waals surface area contributed by atoms with Crippen molar-refractivity contribution in [3.05, 3.63) is 49.2 Å². The molecule has 0 aromatic carbocycles. The molecule has 0 radical (unpaired) electrons. The van der Waals surface area contributed by atoms with Crippen LogP contribution in [0.1, 0.15) is 51.9 Å². The van der Waals surface area contributed by atoms with Crippen LogP contribution in [0.2, 0.25) is 0 Å². The number of hydrogen-bond acceptors (Lipinski definition) is 9. The van der Waals surface area contributed by atoms with Crippen LogP contribution >= 0.6 is 0 Å². The highest BCUT2D eigenvalue weighted by Crippen LogP contribution is 2.29. The van der Waals surface area contributed by atoms with Gasteiger partial charge in [-0.25, -0.2) is 14.4 Å². The number of carbonyl (C=O) groups is 5. The lowest BCUT2D eigenvalue weighted by Gasteiger charge is -2.15. The zero-order valence-electron chi connectivity index (χ0n) is 20.4. The van der Waals surface area contributed by atoms with Gasteiger partial charge in [0.25, 0.3) is 0 Å². The molecular weight excluding hydrogens is 496 g/mol. The first-order valence-corrected chi connectivity index (χ1v) is 10.9. The molecule has 5 N–H and O–H groups in total. The number of ether oxygens (including phenoxy) is 3. The Bertz CT molecular complexity index is 897. The molecule has 1 unspecified atom stereocenters. The standard InChI is InChI=1S/C6H8O4.3C6H8O3/c1-4-2-3-6(9,10-4)5(7)8;2*1-4-2-3-5(9-4)6(7)8;1-5(7)3-2-4-6(8)9/h9H,1-3H2,(H,7,8);2*5H,1-3H2,(H,7,8);2-3H,4H2,1H3,(H,8,9)/b;;;3-2+/t6-;5-;;/m01../s1. The average molecular weight is 529 g/mol. The van der Waals surface area contributed by atoms with E-state index in [1.165, 1.54) is 19.1 Å². The third-order valence-electron chi connectivity index (χ3n) is 4.57. The van der Waals surface area contributed by atoms with Crippen LogP contribution < -0.4 is 0 Å². The molecule has 13 nitrogen and oxygen atoms in total. The number of carbonyl (C=O) groups excluding carboxylic acids is 1. The molecule has 3 rings (SSSR count). The van der Waals surface area contributed by atoms with E-state index < -0.39 is 41.9 Å². The minimum atomic E-state index is -2.02. The van der Waals surface area contributed by atoms with Crippen molar-refractivity contribution in [2.24, 2.45) is 0 Å². The Hall–Kier alpha value is -4.13. The quantitative estimate of drug-likeness (QED) is 0.313. The summed E-state index contributed by atoms with van der Waals surface area (Å²) in [6, 6.07) is 0. The van der Waals surface area contributed by atoms with Gasteiger partial charge in [-0.05, 0) is 13.0 Å². The molecule has 37 heavy (non-hydrogen) atoms. The minimum absolute atomic E-state index is 0.0837. The molecule has 0 aromatic rings. The van der Waals surface area contributed by atoms with Crippen molar-refractivity contribution in [2.75, 3.05) is 0 Å². The second-order valence-corrected chi connectivity index (χ2v) is 7.89. The van der Waals surface area contributed by atoms with Crippen LogP contribution in [0.15, 0.2) is 49.2 Å². The lowest BCUT2D eigenvalue weighted by atomic mass is 10.2. The first-order chi connectivity index (χ1) is 17.1. The molecule has 0 aromatic heterocycles. The van der Waals surface area contributed by atoms with Crippen molar-refractivity contribution in [3.63, 3.8) is 0 Å². The lowest BCUT2D eigenvalue weighted by Crippen LogP contribution is -2.36. The maximum Gasteiger partial charge on any atom is 0.377 e. The van der Waals surface area contributed by atoms with E-state index in [-0.39, 0.29) is 18.6 Å². The van der Waals surface area contributed by atoms with Crippen LogP contribution in [0, 0.1) is 0 Å². The summed E-state index contributed by atoms with van der Waals surface area (Å²) >= 11 is 0. The second-order valence-electron chi connectivity index (χ2n) is 7.89. The third-order valence-corrected chi connectivity index (χ3v) is 4.57. The summed E-state index contributed by atoms with van der Waals surface area (Å²) in [5, 5.41) is 42.2.